The summed E-state index contributed by atoms with van der Waals surface area (Å²) in [6.07, 6.45) is 0. The average Bonchev–Trinajstić information content (AvgIpc) is 2.92. The van der Waals surface area contributed by atoms with Crippen molar-refractivity contribution in [3.63, 3.8) is 0 Å². The average molecular weight is 388 g/mol. The lowest BCUT2D eigenvalue weighted by Crippen LogP contribution is -2.32. The molecular weight excluding hydrogens is 370 g/mol. The van der Waals surface area contributed by atoms with E-state index in [4.69, 9.17) is 22.1 Å². The van der Waals surface area contributed by atoms with E-state index in [1.807, 2.05) is 0 Å². The first-order chi connectivity index (χ1) is 12.8. The van der Waals surface area contributed by atoms with Gasteiger partial charge in [-0.1, -0.05) is 11.6 Å². The number of primary amides is 1. The number of rotatable bonds is 4. The predicted octanol–water partition coefficient (Wildman–Crippen LogP) is 3.57. The SMILES string of the molecule is COc1ccc2c(c1)c(CN(O)C(N)=O)c(C)n2C(=O)c1ccc(Cl)cc1. The Kier molecular flexibility index (Phi) is 5.07. The third-order valence-corrected chi connectivity index (χ3v) is 4.65. The van der Waals surface area contributed by atoms with Crippen LogP contribution in [0.5, 0.6) is 5.75 Å². The maximum Gasteiger partial charge on any atom is 0.338 e. The molecule has 1 aromatic heterocycles. The highest BCUT2D eigenvalue weighted by atomic mass is 35.5. The maximum atomic E-state index is 13.1. The van der Waals surface area contributed by atoms with Crippen molar-refractivity contribution in [3.05, 3.63) is 64.3 Å². The Morgan fingerprint density at radius 1 is 1.22 bits per heavy atom. The number of urea groups is 1. The van der Waals surface area contributed by atoms with Crippen LogP contribution in [0.25, 0.3) is 10.9 Å². The number of carbonyl (C=O) groups excluding carboxylic acids is 2. The van der Waals surface area contributed by atoms with Gasteiger partial charge in [0.15, 0.2) is 0 Å². The molecule has 7 nitrogen and oxygen atoms in total. The normalized spacial score (nSPS) is 10.8. The van der Waals surface area contributed by atoms with Crippen LogP contribution in [0.3, 0.4) is 0 Å². The first kappa shape index (κ1) is 18.8. The number of aromatic nitrogens is 1. The highest BCUT2D eigenvalue weighted by Gasteiger charge is 2.22. The number of nitrogens with zero attached hydrogens (tertiary/aromatic N) is 2. The van der Waals surface area contributed by atoms with Gasteiger partial charge in [-0.2, -0.15) is 0 Å². The molecule has 0 spiro atoms. The van der Waals surface area contributed by atoms with Crippen molar-refractivity contribution < 1.29 is 19.5 Å². The summed E-state index contributed by atoms with van der Waals surface area (Å²) in [4.78, 5) is 24.4. The molecule has 3 aromatic rings. The van der Waals surface area contributed by atoms with Crippen LogP contribution < -0.4 is 10.5 Å². The summed E-state index contributed by atoms with van der Waals surface area (Å²) in [7, 11) is 1.53. The molecule has 0 saturated heterocycles. The zero-order chi connectivity index (χ0) is 19.7. The summed E-state index contributed by atoms with van der Waals surface area (Å²) in [5.41, 5.74) is 7.39. The number of carbonyl (C=O) groups is 2. The number of hydrogen-bond donors (Lipinski definition) is 2. The van der Waals surface area contributed by atoms with Crippen molar-refractivity contribution in [1.29, 1.82) is 0 Å². The smallest absolute Gasteiger partial charge is 0.338 e. The van der Waals surface area contributed by atoms with E-state index in [0.717, 1.165) is 0 Å². The number of nitrogens with two attached hydrogens (primary N) is 1. The Morgan fingerprint density at radius 2 is 1.89 bits per heavy atom. The van der Waals surface area contributed by atoms with Crippen LogP contribution in [0, 0.1) is 6.92 Å². The standard InChI is InChI=1S/C19H18ClN3O4/c1-11-16(10-22(26)19(21)25)15-9-14(27-2)7-8-17(15)23(11)18(24)12-3-5-13(20)6-4-12/h3-9,26H,10H2,1-2H3,(H2,21,25). The number of ether oxygens (including phenoxy) is 1. The van der Waals surface area contributed by atoms with E-state index >= 15 is 0 Å². The lowest BCUT2D eigenvalue weighted by atomic mass is 10.1. The van der Waals surface area contributed by atoms with E-state index in [9.17, 15) is 14.8 Å². The second kappa shape index (κ2) is 7.30. The minimum Gasteiger partial charge on any atom is -0.497 e. The van der Waals surface area contributed by atoms with Crippen LogP contribution in [0.15, 0.2) is 42.5 Å². The molecule has 0 unspecified atom stereocenters. The van der Waals surface area contributed by atoms with E-state index in [2.05, 4.69) is 0 Å². The Hall–Kier alpha value is -3.03. The van der Waals surface area contributed by atoms with Crippen LogP contribution in [0.2, 0.25) is 5.02 Å². The molecule has 2 amide bonds. The van der Waals surface area contributed by atoms with Crippen molar-refractivity contribution in [3.8, 4) is 5.75 Å². The summed E-state index contributed by atoms with van der Waals surface area (Å²) in [5, 5.41) is 11.4. The zero-order valence-corrected chi connectivity index (χ0v) is 15.5. The molecule has 27 heavy (non-hydrogen) atoms. The van der Waals surface area contributed by atoms with Gasteiger partial charge in [0, 0.05) is 27.2 Å². The van der Waals surface area contributed by atoms with Gasteiger partial charge in [-0.25, -0.2) is 9.86 Å². The van der Waals surface area contributed by atoms with E-state index in [0.29, 0.717) is 43.6 Å². The third-order valence-electron chi connectivity index (χ3n) is 4.40. The minimum atomic E-state index is -0.984. The zero-order valence-electron chi connectivity index (χ0n) is 14.8. The topological polar surface area (TPSA) is 97.8 Å². The van der Waals surface area contributed by atoms with Crippen LogP contribution in [0.4, 0.5) is 4.79 Å². The van der Waals surface area contributed by atoms with Gasteiger partial charge in [0.05, 0.1) is 19.2 Å². The minimum absolute atomic E-state index is 0.161. The summed E-state index contributed by atoms with van der Waals surface area (Å²) < 4.78 is 6.79. The molecule has 2 aromatic carbocycles. The number of hydroxylamine groups is 2. The number of hydrogen-bond acceptors (Lipinski definition) is 4. The fourth-order valence-corrected chi connectivity index (χ4v) is 3.13. The monoisotopic (exact) mass is 387 g/mol. The van der Waals surface area contributed by atoms with E-state index < -0.39 is 6.03 Å². The fourth-order valence-electron chi connectivity index (χ4n) is 3.00. The Morgan fingerprint density at radius 3 is 2.48 bits per heavy atom. The molecule has 0 aliphatic heterocycles. The van der Waals surface area contributed by atoms with Crippen LogP contribution in [-0.4, -0.2) is 33.9 Å². The fraction of sp³-hybridized carbons (Fsp3) is 0.158. The first-order valence-corrected chi connectivity index (χ1v) is 8.45. The summed E-state index contributed by atoms with van der Waals surface area (Å²) in [5.74, 6) is 0.331. The Labute approximate surface area is 160 Å². The van der Waals surface area contributed by atoms with Gasteiger partial charge < -0.3 is 10.5 Å². The van der Waals surface area contributed by atoms with Crippen molar-refractivity contribution in [2.45, 2.75) is 13.5 Å². The van der Waals surface area contributed by atoms with Gasteiger partial charge in [0.25, 0.3) is 5.91 Å². The summed E-state index contributed by atoms with van der Waals surface area (Å²) >= 11 is 5.90. The van der Waals surface area contributed by atoms with Crippen molar-refractivity contribution in [1.82, 2.24) is 9.63 Å². The molecule has 0 saturated carbocycles. The van der Waals surface area contributed by atoms with E-state index in [1.54, 1.807) is 49.4 Å². The van der Waals surface area contributed by atoms with Gasteiger partial charge in [-0.3, -0.25) is 14.6 Å². The van der Waals surface area contributed by atoms with Crippen LogP contribution in [0.1, 0.15) is 21.6 Å². The number of halogens is 1. The lowest BCUT2D eigenvalue weighted by molar-refractivity contribution is -0.0468. The van der Waals surface area contributed by atoms with Crippen molar-refractivity contribution >= 4 is 34.4 Å². The number of amides is 2. The Balaban J connectivity index is 2.20. The molecule has 0 aliphatic rings. The molecule has 8 heteroatoms. The van der Waals surface area contributed by atoms with Crippen molar-refractivity contribution in [2.24, 2.45) is 5.73 Å². The van der Waals surface area contributed by atoms with Gasteiger partial charge in [-0.15, -0.1) is 0 Å². The largest absolute Gasteiger partial charge is 0.497 e. The molecule has 0 bridgehead atoms. The molecule has 0 aliphatic carbocycles. The molecule has 0 atom stereocenters. The molecule has 3 N–H and O–H groups in total. The van der Waals surface area contributed by atoms with E-state index in [1.165, 1.54) is 11.7 Å². The number of benzene rings is 2. The van der Waals surface area contributed by atoms with Crippen LogP contribution in [-0.2, 0) is 6.54 Å². The lowest BCUT2D eigenvalue weighted by Gasteiger charge is -2.12. The predicted molar refractivity (Wildman–Crippen MR) is 101 cm³/mol. The molecule has 0 radical (unpaired) electrons. The Bertz CT molecular complexity index is 1030. The highest BCUT2D eigenvalue weighted by molar-refractivity contribution is 6.30. The summed E-state index contributed by atoms with van der Waals surface area (Å²) in [6.45, 7) is 1.58. The van der Waals surface area contributed by atoms with Gasteiger partial charge in [-0.05, 0) is 49.4 Å². The molecular formula is C19H18ClN3O4. The summed E-state index contributed by atoms with van der Waals surface area (Å²) in [6, 6.07) is 10.8. The molecule has 0 fully saturated rings. The molecule has 3 rings (SSSR count). The maximum absolute atomic E-state index is 13.1. The van der Waals surface area contributed by atoms with Crippen LogP contribution >= 0.6 is 11.6 Å². The van der Waals surface area contributed by atoms with Gasteiger partial charge in [0.1, 0.15) is 5.75 Å². The quantitative estimate of drug-likeness (QED) is 0.528. The van der Waals surface area contributed by atoms with Crippen molar-refractivity contribution in [2.75, 3.05) is 7.11 Å². The highest BCUT2D eigenvalue weighted by Crippen LogP contribution is 2.31. The van der Waals surface area contributed by atoms with Gasteiger partial charge >= 0.3 is 6.03 Å². The second-order valence-corrected chi connectivity index (χ2v) is 6.43. The number of methoxy groups -OCH3 is 1. The second-order valence-electron chi connectivity index (χ2n) is 5.99. The third kappa shape index (κ3) is 3.47. The van der Waals surface area contributed by atoms with Gasteiger partial charge in [0.2, 0.25) is 0 Å². The van der Waals surface area contributed by atoms with E-state index in [-0.39, 0.29) is 12.5 Å². The molecule has 1 heterocycles. The first-order valence-electron chi connectivity index (χ1n) is 8.07. The number of fused-ring (bicyclic) bond motifs is 1. The molecule has 140 valence electrons.